The first-order valence-corrected chi connectivity index (χ1v) is 8.25. The fourth-order valence-electron chi connectivity index (χ4n) is 2.96. The van der Waals surface area contributed by atoms with Crippen molar-refractivity contribution in [3.8, 4) is 28.5 Å². The lowest BCUT2D eigenvalue weighted by molar-refractivity contribution is 0.0640. The fourth-order valence-corrected chi connectivity index (χ4v) is 2.96. The molecule has 0 aliphatic rings. The minimum absolute atomic E-state index is 0.0483. The zero-order valence-electron chi connectivity index (χ0n) is 14.9. The number of nitrogens with zero attached hydrogens (tertiary/aromatic N) is 2. The lowest BCUT2D eigenvalue weighted by atomic mass is 10.0. The summed E-state index contributed by atoms with van der Waals surface area (Å²) in [5.74, 6) is -0.591. The molecule has 0 bridgehead atoms. The molecule has 0 unspecified atom stereocenters. The van der Waals surface area contributed by atoms with Crippen LogP contribution in [-0.4, -0.2) is 34.4 Å². The molecule has 2 heterocycles. The summed E-state index contributed by atoms with van der Waals surface area (Å²) in [6, 6.07) is 8.44. The highest BCUT2D eigenvalue weighted by Gasteiger charge is 2.27. The van der Waals surface area contributed by atoms with Gasteiger partial charge in [-0.15, -0.1) is 0 Å². The van der Waals surface area contributed by atoms with Crippen molar-refractivity contribution >= 4 is 23.0 Å². The van der Waals surface area contributed by atoms with Crippen LogP contribution >= 0.6 is 0 Å². The SMILES string of the molecule is COc1cc2c(C(=O)OC(N)=O)c(-c3ccc(F)cc3)oc2cc1-c1ncn[nH]1. The molecule has 3 N–H and O–H groups in total. The van der Waals surface area contributed by atoms with Gasteiger partial charge in [0.25, 0.3) is 0 Å². The van der Waals surface area contributed by atoms with Gasteiger partial charge in [-0.1, -0.05) is 0 Å². The number of H-pyrrole nitrogens is 1. The van der Waals surface area contributed by atoms with E-state index >= 15 is 0 Å². The average molecular weight is 396 g/mol. The second-order valence-electron chi connectivity index (χ2n) is 5.90. The third kappa shape index (κ3) is 3.27. The highest BCUT2D eigenvalue weighted by Crippen LogP contribution is 2.40. The lowest BCUT2D eigenvalue weighted by Gasteiger charge is -2.06. The van der Waals surface area contributed by atoms with Gasteiger partial charge in [0.05, 0.1) is 12.7 Å². The number of primary amides is 1. The molecular weight excluding hydrogens is 383 g/mol. The van der Waals surface area contributed by atoms with Gasteiger partial charge >= 0.3 is 12.1 Å². The number of methoxy groups -OCH3 is 1. The number of halogens is 1. The van der Waals surface area contributed by atoms with E-state index in [9.17, 15) is 14.0 Å². The average Bonchev–Trinajstić information content (AvgIpc) is 3.34. The van der Waals surface area contributed by atoms with Gasteiger partial charge in [0.1, 0.15) is 34.8 Å². The molecule has 0 fully saturated rings. The van der Waals surface area contributed by atoms with Crippen molar-refractivity contribution in [2.24, 2.45) is 5.73 Å². The maximum Gasteiger partial charge on any atom is 0.412 e. The number of esters is 1. The number of aromatic amines is 1. The van der Waals surface area contributed by atoms with Gasteiger partial charge in [-0.05, 0) is 36.4 Å². The summed E-state index contributed by atoms with van der Waals surface area (Å²) in [5, 5.41) is 6.85. The van der Waals surface area contributed by atoms with Gasteiger partial charge in [-0.3, -0.25) is 5.10 Å². The molecular formula is C19H13FN4O5. The normalized spacial score (nSPS) is 10.8. The number of nitrogens with two attached hydrogens (primary N) is 1. The Morgan fingerprint density at radius 1 is 1.21 bits per heavy atom. The molecule has 0 radical (unpaired) electrons. The summed E-state index contributed by atoms with van der Waals surface area (Å²) in [6.07, 6.45) is 0.0698. The van der Waals surface area contributed by atoms with Crippen molar-refractivity contribution in [2.75, 3.05) is 7.11 Å². The summed E-state index contributed by atoms with van der Waals surface area (Å²) >= 11 is 0. The maximum absolute atomic E-state index is 13.3. The van der Waals surface area contributed by atoms with Gasteiger partial charge in [-0.2, -0.15) is 5.10 Å². The van der Waals surface area contributed by atoms with E-state index in [2.05, 4.69) is 19.9 Å². The van der Waals surface area contributed by atoms with Gasteiger partial charge in [-0.25, -0.2) is 19.0 Å². The minimum atomic E-state index is -1.26. The molecule has 10 heteroatoms. The number of hydrogen-bond donors (Lipinski definition) is 2. The number of amides is 1. The molecule has 146 valence electrons. The van der Waals surface area contributed by atoms with Crippen molar-refractivity contribution in [1.82, 2.24) is 15.2 Å². The molecule has 9 nitrogen and oxygen atoms in total. The lowest BCUT2D eigenvalue weighted by Crippen LogP contribution is -2.18. The molecule has 0 saturated heterocycles. The van der Waals surface area contributed by atoms with E-state index in [1.54, 1.807) is 12.1 Å². The monoisotopic (exact) mass is 396 g/mol. The zero-order chi connectivity index (χ0) is 20.5. The number of hydrogen-bond acceptors (Lipinski definition) is 7. The van der Waals surface area contributed by atoms with E-state index in [-0.39, 0.29) is 16.9 Å². The van der Waals surface area contributed by atoms with Crippen molar-refractivity contribution < 1.29 is 27.9 Å². The van der Waals surface area contributed by atoms with Crippen LogP contribution in [0.1, 0.15) is 10.4 Å². The number of rotatable bonds is 4. The zero-order valence-corrected chi connectivity index (χ0v) is 14.9. The molecule has 1 amide bonds. The standard InChI is InChI=1S/C19H13FN4O5/c1-27-13-6-11-14(7-12(13)17-22-8-23-24-17)28-16(9-2-4-10(20)5-3-9)15(11)18(25)29-19(21)26/h2-8H,1H3,(H2,21,26)(H,22,23,24). The van der Waals surface area contributed by atoms with Crippen molar-refractivity contribution in [1.29, 1.82) is 0 Å². The van der Waals surface area contributed by atoms with Crippen LogP contribution in [0.3, 0.4) is 0 Å². The maximum atomic E-state index is 13.3. The van der Waals surface area contributed by atoms with Crippen LogP contribution in [0, 0.1) is 5.82 Å². The van der Waals surface area contributed by atoms with Gasteiger partial charge in [0, 0.05) is 10.9 Å². The predicted octanol–water partition coefficient (Wildman–Crippen LogP) is 3.27. The Labute approximate surface area is 162 Å². The number of carbonyl (C=O) groups is 2. The van der Waals surface area contributed by atoms with Crippen LogP contribution in [0.5, 0.6) is 5.75 Å². The first-order chi connectivity index (χ1) is 14.0. The molecule has 29 heavy (non-hydrogen) atoms. The first kappa shape index (κ1) is 18.2. The Balaban J connectivity index is 1.99. The third-order valence-corrected chi connectivity index (χ3v) is 4.18. The first-order valence-electron chi connectivity index (χ1n) is 8.25. The predicted molar refractivity (Wildman–Crippen MR) is 98.5 cm³/mol. The van der Waals surface area contributed by atoms with Crippen LogP contribution in [0.2, 0.25) is 0 Å². The van der Waals surface area contributed by atoms with E-state index in [1.807, 2.05) is 0 Å². The third-order valence-electron chi connectivity index (χ3n) is 4.18. The highest BCUT2D eigenvalue weighted by atomic mass is 19.1. The summed E-state index contributed by atoms with van der Waals surface area (Å²) in [6.45, 7) is 0. The molecule has 0 atom stereocenters. The van der Waals surface area contributed by atoms with E-state index in [0.29, 0.717) is 28.1 Å². The second kappa shape index (κ2) is 7.08. The highest BCUT2D eigenvalue weighted by molar-refractivity contribution is 6.12. The van der Waals surface area contributed by atoms with E-state index < -0.39 is 17.9 Å². The van der Waals surface area contributed by atoms with Crippen LogP contribution < -0.4 is 10.5 Å². The number of fused-ring (bicyclic) bond motifs is 1. The molecule has 0 aliphatic heterocycles. The molecule has 4 aromatic rings. The second-order valence-corrected chi connectivity index (χ2v) is 5.90. The van der Waals surface area contributed by atoms with Crippen molar-refractivity contribution in [3.05, 3.63) is 54.1 Å². The number of ether oxygens (including phenoxy) is 2. The van der Waals surface area contributed by atoms with E-state index in [4.69, 9.17) is 14.9 Å². The summed E-state index contributed by atoms with van der Waals surface area (Å²) in [4.78, 5) is 27.8. The molecule has 2 aromatic carbocycles. The van der Waals surface area contributed by atoms with Crippen molar-refractivity contribution in [3.63, 3.8) is 0 Å². The van der Waals surface area contributed by atoms with Crippen LogP contribution in [0.15, 0.2) is 47.1 Å². The van der Waals surface area contributed by atoms with Gasteiger partial charge in [0.2, 0.25) is 0 Å². The Morgan fingerprint density at radius 3 is 2.59 bits per heavy atom. The molecule has 0 spiro atoms. The number of carbonyl (C=O) groups excluding carboxylic acids is 2. The van der Waals surface area contributed by atoms with E-state index in [1.165, 1.54) is 37.7 Å². The number of nitrogens with one attached hydrogen (secondary N) is 1. The topological polar surface area (TPSA) is 133 Å². The van der Waals surface area contributed by atoms with Gasteiger partial charge < -0.3 is 19.6 Å². The minimum Gasteiger partial charge on any atom is -0.496 e. The van der Waals surface area contributed by atoms with Crippen LogP contribution in [-0.2, 0) is 4.74 Å². The summed E-state index contributed by atoms with van der Waals surface area (Å²) in [7, 11) is 1.45. The smallest absolute Gasteiger partial charge is 0.412 e. The Kier molecular flexibility index (Phi) is 4.43. The number of furan rings is 1. The van der Waals surface area contributed by atoms with Crippen LogP contribution in [0.4, 0.5) is 9.18 Å². The number of benzene rings is 2. The Bertz CT molecular complexity index is 1220. The van der Waals surface area contributed by atoms with Crippen LogP contribution in [0.25, 0.3) is 33.7 Å². The molecule has 4 rings (SSSR count). The Morgan fingerprint density at radius 2 is 1.97 bits per heavy atom. The van der Waals surface area contributed by atoms with Crippen molar-refractivity contribution in [2.45, 2.75) is 0 Å². The summed E-state index contributed by atoms with van der Waals surface area (Å²) in [5.41, 5.74) is 6.16. The molecule has 0 saturated carbocycles. The quantitative estimate of drug-likeness (QED) is 0.399. The number of aromatic nitrogens is 3. The molecule has 0 aliphatic carbocycles. The van der Waals surface area contributed by atoms with E-state index in [0.717, 1.165) is 0 Å². The van der Waals surface area contributed by atoms with Gasteiger partial charge in [0.15, 0.2) is 5.82 Å². The Hall–Kier alpha value is -4.21. The summed E-state index contributed by atoms with van der Waals surface area (Å²) < 4.78 is 29.2. The largest absolute Gasteiger partial charge is 0.496 e. The fraction of sp³-hybridized carbons (Fsp3) is 0.0526. The molecule has 2 aromatic heterocycles.